The molecule has 0 saturated heterocycles. The Morgan fingerprint density at radius 3 is 2.52 bits per heavy atom. The molecule has 1 aromatic carbocycles. The number of anilines is 1. The van der Waals surface area contributed by atoms with Gasteiger partial charge in [-0.2, -0.15) is 13.2 Å². The molecule has 1 aromatic rings. The number of hydrogen-bond acceptors (Lipinski definition) is 4. The SMILES string of the molecule is CCc1cc(Br)c([N+](=O)[O-])c(NC2CC(OC)(C(F)(F)F)C2)c1. The predicted molar refractivity (Wildman–Crippen MR) is 82.6 cm³/mol. The number of alkyl halides is 3. The van der Waals surface area contributed by atoms with Gasteiger partial charge in [0.1, 0.15) is 5.69 Å². The van der Waals surface area contributed by atoms with E-state index in [9.17, 15) is 23.3 Å². The summed E-state index contributed by atoms with van der Waals surface area (Å²) in [4.78, 5) is 10.6. The molecule has 5 nitrogen and oxygen atoms in total. The van der Waals surface area contributed by atoms with Crippen LogP contribution >= 0.6 is 15.9 Å². The molecule has 0 aromatic heterocycles. The molecule has 0 atom stereocenters. The highest BCUT2D eigenvalue weighted by atomic mass is 79.9. The second-order valence-corrected chi connectivity index (χ2v) is 6.38. The Bertz CT molecular complexity index is 616. The lowest BCUT2D eigenvalue weighted by molar-refractivity contribution is -0.384. The molecule has 1 saturated carbocycles. The number of aryl methyl sites for hydroxylation is 1. The zero-order chi connectivity index (χ0) is 17.4. The van der Waals surface area contributed by atoms with Crippen molar-refractivity contribution in [1.82, 2.24) is 0 Å². The van der Waals surface area contributed by atoms with Gasteiger partial charge in [0, 0.05) is 26.0 Å². The van der Waals surface area contributed by atoms with Crippen molar-refractivity contribution in [3.63, 3.8) is 0 Å². The van der Waals surface area contributed by atoms with Crippen LogP contribution in [0.25, 0.3) is 0 Å². The number of hydrogen-bond donors (Lipinski definition) is 1. The summed E-state index contributed by atoms with van der Waals surface area (Å²) in [5, 5.41) is 14.1. The standard InChI is InChI=1S/C14H16BrF3N2O3/c1-3-8-4-10(15)12(20(21)22)11(5-8)19-9-6-13(7-9,23-2)14(16,17)18/h4-5,9,19H,3,6-7H2,1-2H3. The molecule has 0 aliphatic heterocycles. The largest absolute Gasteiger partial charge is 0.417 e. The summed E-state index contributed by atoms with van der Waals surface area (Å²) in [5.74, 6) is 0. The number of nitro groups is 1. The van der Waals surface area contributed by atoms with E-state index >= 15 is 0 Å². The number of benzene rings is 1. The Morgan fingerprint density at radius 2 is 2.09 bits per heavy atom. The normalized spacial score (nSPS) is 24.2. The van der Waals surface area contributed by atoms with Crippen molar-refractivity contribution in [3.8, 4) is 0 Å². The van der Waals surface area contributed by atoms with E-state index in [1.165, 1.54) is 0 Å². The fourth-order valence-electron chi connectivity index (χ4n) is 2.73. The first kappa shape index (κ1) is 18.0. The number of methoxy groups -OCH3 is 1. The molecule has 9 heteroatoms. The minimum absolute atomic E-state index is 0.177. The van der Waals surface area contributed by atoms with Crippen LogP contribution in [0.1, 0.15) is 25.3 Å². The Labute approximate surface area is 139 Å². The van der Waals surface area contributed by atoms with Crippen LogP contribution in [0.4, 0.5) is 24.5 Å². The predicted octanol–water partition coefficient (Wildman–Crippen LogP) is 4.44. The van der Waals surface area contributed by atoms with Crippen LogP contribution in [-0.4, -0.2) is 29.9 Å². The molecule has 23 heavy (non-hydrogen) atoms. The maximum atomic E-state index is 13.0. The van der Waals surface area contributed by atoms with Gasteiger partial charge >= 0.3 is 11.9 Å². The van der Waals surface area contributed by atoms with Crippen LogP contribution in [0.3, 0.4) is 0 Å². The van der Waals surface area contributed by atoms with Gasteiger partial charge in [-0.05, 0) is 40.0 Å². The number of nitrogens with one attached hydrogen (secondary N) is 1. The maximum absolute atomic E-state index is 13.0. The highest BCUT2D eigenvalue weighted by molar-refractivity contribution is 9.10. The van der Waals surface area contributed by atoms with Crippen molar-refractivity contribution in [2.24, 2.45) is 0 Å². The van der Waals surface area contributed by atoms with Crippen LogP contribution < -0.4 is 5.32 Å². The van der Waals surface area contributed by atoms with E-state index in [1.54, 1.807) is 12.1 Å². The zero-order valence-electron chi connectivity index (χ0n) is 12.5. The highest BCUT2D eigenvalue weighted by Crippen LogP contribution is 2.49. The van der Waals surface area contributed by atoms with Crippen LogP contribution in [0.2, 0.25) is 0 Å². The second kappa shape index (κ2) is 6.27. The van der Waals surface area contributed by atoms with E-state index in [0.717, 1.165) is 12.7 Å². The number of nitro benzene ring substituents is 1. The average Bonchev–Trinajstić information content (AvgIpc) is 2.39. The van der Waals surface area contributed by atoms with Gasteiger partial charge in [0.25, 0.3) is 0 Å². The third kappa shape index (κ3) is 3.30. The van der Waals surface area contributed by atoms with E-state index in [0.29, 0.717) is 10.9 Å². The average molecular weight is 397 g/mol. The minimum atomic E-state index is -4.46. The van der Waals surface area contributed by atoms with E-state index in [2.05, 4.69) is 26.0 Å². The summed E-state index contributed by atoms with van der Waals surface area (Å²) >= 11 is 3.15. The molecule has 0 unspecified atom stereocenters. The molecule has 0 amide bonds. The lowest BCUT2D eigenvalue weighted by Gasteiger charge is -2.47. The topological polar surface area (TPSA) is 64.4 Å². The van der Waals surface area contributed by atoms with Gasteiger partial charge < -0.3 is 10.1 Å². The second-order valence-electron chi connectivity index (χ2n) is 5.53. The molecule has 128 valence electrons. The number of rotatable bonds is 5. The quantitative estimate of drug-likeness (QED) is 0.590. The maximum Gasteiger partial charge on any atom is 0.417 e. The van der Waals surface area contributed by atoms with Gasteiger partial charge in [-0.25, -0.2) is 0 Å². The van der Waals surface area contributed by atoms with E-state index in [1.807, 2.05) is 6.92 Å². The Morgan fingerprint density at radius 1 is 1.48 bits per heavy atom. The summed E-state index contributed by atoms with van der Waals surface area (Å²) in [7, 11) is 1.03. The number of ether oxygens (including phenoxy) is 1. The molecule has 0 heterocycles. The zero-order valence-corrected chi connectivity index (χ0v) is 14.1. The van der Waals surface area contributed by atoms with E-state index < -0.39 is 22.7 Å². The monoisotopic (exact) mass is 396 g/mol. The van der Waals surface area contributed by atoms with Gasteiger partial charge in [-0.3, -0.25) is 10.1 Å². The van der Waals surface area contributed by atoms with Crippen molar-refractivity contribution in [2.45, 2.75) is 44.0 Å². The van der Waals surface area contributed by atoms with Crippen LogP contribution in [0.5, 0.6) is 0 Å². The van der Waals surface area contributed by atoms with Crippen molar-refractivity contribution in [3.05, 3.63) is 32.3 Å². The summed E-state index contributed by atoms with van der Waals surface area (Å²) < 4.78 is 43.9. The molecular formula is C14H16BrF3N2O3. The van der Waals surface area contributed by atoms with Gasteiger partial charge in [0.2, 0.25) is 0 Å². The van der Waals surface area contributed by atoms with Gasteiger partial charge in [-0.15, -0.1) is 0 Å². The molecule has 1 fully saturated rings. The number of halogens is 4. The first-order valence-electron chi connectivity index (χ1n) is 6.98. The summed E-state index contributed by atoms with van der Waals surface area (Å²) in [6, 6.07) is 2.71. The Balaban J connectivity index is 2.22. The first-order chi connectivity index (χ1) is 10.6. The fourth-order valence-corrected chi connectivity index (χ4v) is 3.38. The third-order valence-corrected chi connectivity index (χ3v) is 4.74. The van der Waals surface area contributed by atoms with E-state index in [4.69, 9.17) is 0 Å². The molecule has 1 N–H and O–H groups in total. The molecule has 1 aliphatic rings. The van der Waals surface area contributed by atoms with Crippen molar-refractivity contribution in [1.29, 1.82) is 0 Å². The third-order valence-electron chi connectivity index (χ3n) is 4.13. The lowest BCUT2D eigenvalue weighted by Crippen LogP contribution is -2.60. The molecule has 0 bridgehead atoms. The van der Waals surface area contributed by atoms with Crippen molar-refractivity contribution < 1.29 is 22.8 Å². The van der Waals surface area contributed by atoms with Crippen LogP contribution in [0.15, 0.2) is 16.6 Å². The summed E-state index contributed by atoms with van der Waals surface area (Å²) in [6.45, 7) is 1.89. The highest BCUT2D eigenvalue weighted by Gasteiger charge is 2.63. The molecule has 2 rings (SSSR count). The molecule has 1 aliphatic carbocycles. The Hall–Kier alpha value is -1.35. The molecular weight excluding hydrogens is 381 g/mol. The van der Waals surface area contributed by atoms with Gasteiger partial charge in [0.05, 0.1) is 9.40 Å². The fraction of sp³-hybridized carbons (Fsp3) is 0.571. The number of nitrogens with zero attached hydrogens (tertiary/aromatic N) is 1. The smallest absolute Gasteiger partial charge is 0.376 e. The molecule has 0 radical (unpaired) electrons. The molecule has 0 spiro atoms. The first-order valence-corrected chi connectivity index (χ1v) is 7.78. The van der Waals surface area contributed by atoms with Gasteiger partial charge in [-0.1, -0.05) is 6.92 Å². The lowest BCUT2D eigenvalue weighted by atomic mass is 9.74. The van der Waals surface area contributed by atoms with E-state index in [-0.39, 0.29) is 24.2 Å². The summed E-state index contributed by atoms with van der Waals surface area (Å²) in [5.41, 5.74) is -1.28. The Kier molecular flexibility index (Phi) is 4.91. The van der Waals surface area contributed by atoms with Gasteiger partial charge in [0.15, 0.2) is 5.60 Å². The van der Waals surface area contributed by atoms with Crippen molar-refractivity contribution >= 4 is 27.3 Å². The van der Waals surface area contributed by atoms with Crippen molar-refractivity contribution in [2.75, 3.05) is 12.4 Å². The minimum Gasteiger partial charge on any atom is -0.376 e. The van der Waals surface area contributed by atoms with Crippen LogP contribution in [-0.2, 0) is 11.2 Å². The van der Waals surface area contributed by atoms with Crippen LogP contribution in [0, 0.1) is 10.1 Å². The summed E-state index contributed by atoms with van der Waals surface area (Å²) in [6.07, 6.45) is -4.37.